The second-order valence-electron chi connectivity index (χ2n) is 8.84. The minimum atomic E-state index is 0.157. The number of benzene rings is 4. The molecule has 0 N–H and O–H groups in total. The Morgan fingerprint density at radius 3 is 1.87 bits per heavy atom. The molecule has 0 bridgehead atoms. The molecule has 0 atom stereocenters. The number of aryl methyl sites for hydroxylation is 1. The molecule has 0 unspecified atom stereocenters. The first-order valence-corrected chi connectivity index (χ1v) is 10.7. The maximum atomic E-state index is 6.18. The van der Waals surface area contributed by atoms with Gasteiger partial charge in [0, 0.05) is 5.56 Å². The molecule has 4 aromatic rings. The van der Waals surface area contributed by atoms with Crippen molar-refractivity contribution >= 4 is 21.5 Å². The molecule has 0 aliphatic heterocycles. The molecule has 30 heavy (non-hydrogen) atoms. The summed E-state index contributed by atoms with van der Waals surface area (Å²) in [6.07, 6.45) is 1.07. The fraction of sp³-hybridized carbons (Fsp3) is 0.286. The first kappa shape index (κ1) is 20.4. The quantitative estimate of drug-likeness (QED) is 0.234. The number of ether oxygens (including phenoxy) is 2. The van der Waals surface area contributed by atoms with Crippen molar-refractivity contribution in [1.82, 2.24) is 0 Å². The lowest BCUT2D eigenvalue weighted by Crippen LogP contribution is -2.20. The molecule has 2 heteroatoms. The molecule has 2 nitrogen and oxygen atoms in total. The minimum Gasteiger partial charge on any atom is -0.467 e. The third-order valence-corrected chi connectivity index (χ3v) is 5.98. The second kappa shape index (κ2) is 8.49. The van der Waals surface area contributed by atoms with Crippen molar-refractivity contribution in [3.8, 4) is 16.9 Å². The Morgan fingerprint density at radius 1 is 0.733 bits per heavy atom. The molecule has 0 aliphatic rings. The highest BCUT2D eigenvalue weighted by atomic mass is 16.7. The highest BCUT2D eigenvalue weighted by molar-refractivity contribution is 5.95. The maximum absolute atomic E-state index is 6.18. The van der Waals surface area contributed by atoms with Gasteiger partial charge in [-0.05, 0) is 69.6 Å². The summed E-state index contributed by atoms with van der Waals surface area (Å²) in [5, 5.41) is 4.87. The van der Waals surface area contributed by atoms with E-state index in [1.54, 1.807) is 0 Å². The fourth-order valence-corrected chi connectivity index (χ4v) is 3.72. The van der Waals surface area contributed by atoms with Crippen molar-refractivity contribution in [2.45, 2.75) is 34.1 Å². The van der Waals surface area contributed by atoms with Gasteiger partial charge in [-0.15, -0.1) is 0 Å². The standard InChI is InChI=1S/C28H30O2/c1-5-28(3,4)18-29-19-30-27-17-24-13-9-8-12-23(24)16-26(27)25-15-22-11-7-6-10-21(22)14-20(25)2/h6-17H,5,18-19H2,1-4H3. The van der Waals surface area contributed by atoms with E-state index in [4.69, 9.17) is 9.47 Å². The van der Waals surface area contributed by atoms with Crippen molar-refractivity contribution in [3.63, 3.8) is 0 Å². The van der Waals surface area contributed by atoms with Crippen LogP contribution in [0.4, 0.5) is 0 Å². The van der Waals surface area contributed by atoms with E-state index < -0.39 is 0 Å². The summed E-state index contributed by atoms with van der Waals surface area (Å²) in [4.78, 5) is 0. The van der Waals surface area contributed by atoms with E-state index in [1.807, 2.05) is 0 Å². The predicted molar refractivity (Wildman–Crippen MR) is 127 cm³/mol. The van der Waals surface area contributed by atoms with Crippen molar-refractivity contribution in [2.24, 2.45) is 5.41 Å². The number of rotatable bonds is 7. The summed E-state index contributed by atoms with van der Waals surface area (Å²) in [6, 6.07) is 25.8. The molecule has 4 rings (SSSR count). The summed E-state index contributed by atoms with van der Waals surface area (Å²) < 4.78 is 12.1. The van der Waals surface area contributed by atoms with Crippen LogP contribution in [0.2, 0.25) is 0 Å². The van der Waals surface area contributed by atoms with E-state index in [9.17, 15) is 0 Å². The Labute approximate surface area is 179 Å². The van der Waals surface area contributed by atoms with Gasteiger partial charge < -0.3 is 9.47 Å². The van der Waals surface area contributed by atoms with Crippen LogP contribution in [0, 0.1) is 12.3 Å². The maximum Gasteiger partial charge on any atom is 0.189 e. The molecule has 0 saturated heterocycles. The van der Waals surface area contributed by atoms with Crippen LogP contribution in [0.5, 0.6) is 5.75 Å². The van der Waals surface area contributed by atoms with Crippen molar-refractivity contribution in [3.05, 3.63) is 78.4 Å². The van der Waals surface area contributed by atoms with Gasteiger partial charge in [-0.3, -0.25) is 0 Å². The molecule has 0 aliphatic carbocycles. The number of fused-ring (bicyclic) bond motifs is 2. The van der Waals surface area contributed by atoms with Crippen LogP contribution < -0.4 is 4.74 Å². The van der Waals surface area contributed by atoms with Gasteiger partial charge >= 0.3 is 0 Å². The zero-order chi connectivity index (χ0) is 21.1. The number of hydrogen-bond donors (Lipinski definition) is 0. The molecule has 0 heterocycles. The minimum absolute atomic E-state index is 0.157. The number of hydrogen-bond acceptors (Lipinski definition) is 2. The fourth-order valence-electron chi connectivity index (χ4n) is 3.72. The third-order valence-electron chi connectivity index (χ3n) is 5.98. The van der Waals surface area contributed by atoms with Gasteiger partial charge in [-0.2, -0.15) is 0 Å². The Bertz CT molecular complexity index is 1170. The van der Waals surface area contributed by atoms with Crippen LogP contribution in [0.25, 0.3) is 32.7 Å². The molecular weight excluding hydrogens is 368 g/mol. The van der Waals surface area contributed by atoms with E-state index in [0.29, 0.717) is 6.61 Å². The lowest BCUT2D eigenvalue weighted by Gasteiger charge is -2.22. The first-order valence-electron chi connectivity index (χ1n) is 10.7. The summed E-state index contributed by atoms with van der Waals surface area (Å²) >= 11 is 0. The van der Waals surface area contributed by atoms with Crippen LogP contribution in [0.1, 0.15) is 32.8 Å². The van der Waals surface area contributed by atoms with Gasteiger partial charge in [-0.1, -0.05) is 75.4 Å². The molecule has 0 amide bonds. The SMILES string of the molecule is CCC(C)(C)COCOc1cc2ccccc2cc1-c1cc2ccccc2cc1C. The van der Waals surface area contributed by atoms with E-state index >= 15 is 0 Å². The largest absolute Gasteiger partial charge is 0.467 e. The smallest absolute Gasteiger partial charge is 0.189 e. The van der Waals surface area contributed by atoms with Crippen LogP contribution in [-0.2, 0) is 4.74 Å². The van der Waals surface area contributed by atoms with E-state index in [2.05, 4.69) is 100 Å². The third kappa shape index (κ3) is 4.34. The molecule has 0 radical (unpaired) electrons. The second-order valence-corrected chi connectivity index (χ2v) is 8.84. The molecule has 0 spiro atoms. The monoisotopic (exact) mass is 398 g/mol. The first-order chi connectivity index (χ1) is 14.5. The van der Waals surface area contributed by atoms with Gasteiger partial charge in [0.05, 0.1) is 6.61 Å². The average Bonchev–Trinajstić information content (AvgIpc) is 2.76. The van der Waals surface area contributed by atoms with E-state index in [-0.39, 0.29) is 12.2 Å². The molecule has 0 aromatic heterocycles. The summed E-state index contributed by atoms with van der Waals surface area (Å²) in [5.74, 6) is 0.862. The van der Waals surface area contributed by atoms with Gasteiger partial charge in [-0.25, -0.2) is 0 Å². The Balaban J connectivity index is 1.73. The van der Waals surface area contributed by atoms with Crippen LogP contribution in [0.15, 0.2) is 72.8 Å². The lowest BCUT2D eigenvalue weighted by molar-refractivity contribution is -0.0226. The Kier molecular flexibility index (Phi) is 5.78. The van der Waals surface area contributed by atoms with Crippen molar-refractivity contribution in [2.75, 3.05) is 13.4 Å². The summed E-state index contributed by atoms with van der Waals surface area (Å²) in [7, 11) is 0. The van der Waals surface area contributed by atoms with Crippen molar-refractivity contribution in [1.29, 1.82) is 0 Å². The molecule has 0 fully saturated rings. The lowest BCUT2D eigenvalue weighted by atomic mass is 9.92. The zero-order valence-corrected chi connectivity index (χ0v) is 18.4. The zero-order valence-electron chi connectivity index (χ0n) is 18.4. The van der Waals surface area contributed by atoms with E-state index in [0.717, 1.165) is 17.7 Å². The van der Waals surface area contributed by atoms with Gasteiger partial charge in [0.1, 0.15) is 5.75 Å². The Morgan fingerprint density at radius 2 is 1.27 bits per heavy atom. The van der Waals surface area contributed by atoms with Crippen molar-refractivity contribution < 1.29 is 9.47 Å². The molecule has 154 valence electrons. The van der Waals surface area contributed by atoms with E-state index in [1.165, 1.54) is 32.7 Å². The van der Waals surface area contributed by atoms with Crippen LogP contribution in [0.3, 0.4) is 0 Å². The average molecular weight is 399 g/mol. The molecule has 4 aromatic carbocycles. The summed E-state index contributed by atoms with van der Waals surface area (Å²) in [5.41, 5.74) is 3.70. The van der Waals surface area contributed by atoms with Crippen LogP contribution in [-0.4, -0.2) is 13.4 Å². The predicted octanol–water partition coefficient (Wildman–Crippen LogP) is 7.76. The topological polar surface area (TPSA) is 18.5 Å². The van der Waals surface area contributed by atoms with Gasteiger partial charge in [0.2, 0.25) is 0 Å². The van der Waals surface area contributed by atoms with Crippen LogP contribution >= 0.6 is 0 Å². The molecule has 0 saturated carbocycles. The highest BCUT2D eigenvalue weighted by Gasteiger charge is 2.16. The molecular formula is C28H30O2. The highest BCUT2D eigenvalue weighted by Crippen LogP contribution is 2.38. The summed E-state index contributed by atoms with van der Waals surface area (Å²) in [6.45, 7) is 9.72. The Hall–Kier alpha value is -2.84. The van der Waals surface area contributed by atoms with Gasteiger partial charge in [0.25, 0.3) is 0 Å². The van der Waals surface area contributed by atoms with Gasteiger partial charge in [0.15, 0.2) is 6.79 Å². The normalized spacial score (nSPS) is 11.9.